The zero-order valence-corrected chi connectivity index (χ0v) is 18.5. The molecule has 0 saturated carbocycles. The normalized spacial score (nSPS) is 11.0. The van der Waals surface area contributed by atoms with E-state index in [1.54, 1.807) is 22.8 Å². The highest BCUT2D eigenvalue weighted by Gasteiger charge is 2.16. The van der Waals surface area contributed by atoms with Gasteiger partial charge in [0.15, 0.2) is 11.0 Å². The summed E-state index contributed by atoms with van der Waals surface area (Å²) in [5.74, 6) is 1.25. The summed E-state index contributed by atoms with van der Waals surface area (Å²) in [6.45, 7) is 2.41. The van der Waals surface area contributed by atoms with Crippen LogP contribution in [0.3, 0.4) is 0 Å². The second kappa shape index (κ2) is 9.31. The van der Waals surface area contributed by atoms with Gasteiger partial charge in [-0.15, -0.1) is 11.3 Å². The summed E-state index contributed by atoms with van der Waals surface area (Å²) in [5, 5.41) is 9.10. The number of anilines is 1. The first-order valence-corrected chi connectivity index (χ1v) is 11.3. The van der Waals surface area contributed by atoms with Gasteiger partial charge in [-0.1, -0.05) is 29.1 Å². The maximum Gasteiger partial charge on any atom is 0.272 e. The number of aromatic nitrogens is 4. The monoisotopic (exact) mass is 457 g/mol. The SMILES string of the molecule is CCn1c(SCc2nc(CC(=O)Nc3ccccc3OC)no2)nc2ccsc2c1=O. The van der Waals surface area contributed by atoms with Gasteiger partial charge in [-0.3, -0.25) is 14.2 Å². The summed E-state index contributed by atoms with van der Waals surface area (Å²) in [6, 6.07) is 8.96. The summed E-state index contributed by atoms with van der Waals surface area (Å²) in [5.41, 5.74) is 1.20. The van der Waals surface area contributed by atoms with E-state index in [9.17, 15) is 9.59 Å². The molecular formula is C20H19N5O4S2. The van der Waals surface area contributed by atoms with Gasteiger partial charge in [0.25, 0.3) is 5.56 Å². The molecule has 0 bridgehead atoms. The number of nitrogens with one attached hydrogen (secondary N) is 1. The lowest BCUT2D eigenvalue weighted by molar-refractivity contribution is -0.115. The van der Waals surface area contributed by atoms with Crippen molar-refractivity contribution in [3.8, 4) is 5.75 Å². The zero-order valence-electron chi connectivity index (χ0n) is 16.8. The van der Waals surface area contributed by atoms with Gasteiger partial charge in [0.2, 0.25) is 11.8 Å². The van der Waals surface area contributed by atoms with Gasteiger partial charge in [-0.2, -0.15) is 4.98 Å². The number of rotatable bonds is 8. The second-order valence-electron chi connectivity index (χ2n) is 6.40. The van der Waals surface area contributed by atoms with Gasteiger partial charge in [-0.05, 0) is 30.5 Å². The second-order valence-corrected chi connectivity index (χ2v) is 8.26. The fraction of sp³-hybridized carbons (Fsp3) is 0.250. The number of methoxy groups -OCH3 is 1. The van der Waals surface area contributed by atoms with Gasteiger partial charge in [0, 0.05) is 6.54 Å². The third kappa shape index (κ3) is 4.62. The molecule has 0 atom stereocenters. The minimum Gasteiger partial charge on any atom is -0.495 e. The minimum absolute atomic E-state index is 0.0367. The largest absolute Gasteiger partial charge is 0.495 e. The molecule has 0 spiro atoms. The van der Waals surface area contributed by atoms with Crippen molar-refractivity contribution in [1.29, 1.82) is 0 Å². The Morgan fingerprint density at radius 2 is 2.13 bits per heavy atom. The topological polar surface area (TPSA) is 112 Å². The molecule has 160 valence electrons. The number of hydrogen-bond acceptors (Lipinski definition) is 9. The highest BCUT2D eigenvalue weighted by Crippen LogP contribution is 2.24. The Balaban J connectivity index is 1.41. The van der Waals surface area contributed by atoms with E-state index < -0.39 is 0 Å². The molecule has 0 saturated heterocycles. The van der Waals surface area contributed by atoms with Crippen molar-refractivity contribution >= 4 is 44.9 Å². The average molecular weight is 458 g/mol. The summed E-state index contributed by atoms with van der Waals surface area (Å²) in [7, 11) is 1.54. The van der Waals surface area contributed by atoms with Crippen LogP contribution < -0.4 is 15.6 Å². The van der Waals surface area contributed by atoms with Crippen LogP contribution in [-0.4, -0.2) is 32.7 Å². The summed E-state index contributed by atoms with van der Waals surface area (Å²) in [4.78, 5) is 33.8. The molecule has 3 heterocycles. The van der Waals surface area contributed by atoms with Crippen LogP contribution in [0.5, 0.6) is 5.75 Å². The first-order valence-electron chi connectivity index (χ1n) is 9.44. The van der Waals surface area contributed by atoms with Crippen LogP contribution in [0.1, 0.15) is 18.6 Å². The molecule has 0 fully saturated rings. The molecule has 1 aromatic carbocycles. The van der Waals surface area contributed by atoms with Crippen molar-refractivity contribution in [2.24, 2.45) is 0 Å². The number of para-hydroxylation sites is 2. The van der Waals surface area contributed by atoms with Crippen LogP contribution in [0.25, 0.3) is 10.2 Å². The van der Waals surface area contributed by atoms with E-state index >= 15 is 0 Å². The average Bonchev–Trinajstić information content (AvgIpc) is 3.42. The maximum atomic E-state index is 12.6. The first-order chi connectivity index (χ1) is 15.1. The fourth-order valence-electron chi connectivity index (χ4n) is 2.95. The Hall–Kier alpha value is -3.18. The predicted molar refractivity (Wildman–Crippen MR) is 119 cm³/mol. The molecule has 0 unspecified atom stereocenters. The maximum absolute atomic E-state index is 12.6. The van der Waals surface area contributed by atoms with Gasteiger partial charge in [-0.25, -0.2) is 4.98 Å². The van der Waals surface area contributed by atoms with Crippen molar-refractivity contribution in [3.05, 3.63) is 57.8 Å². The lowest BCUT2D eigenvalue weighted by Gasteiger charge is -2.08. The molecule has 3 aromatic heterocycles. The van der Waals surface area contributed by atoms with Crippen molar-refractivity contribution in [3.63, 3.8) is 0 Å². The lowest BCUT2D eigenvalue weighted by Crippen LogP contribution is -2.21. The number of fused-ring (bicyclic) bond motifs is 1. The summed E-state index contributed by atoms with van der Waals surface area (Å²) >= 11 is 2.73. The number of nitrogens with zero attached hydrogens (tertiary/aromatic N) is 4. The molecular weight excluding hydrogens is 438 g/mol. The quantitative estimate of drug-likeness (QED) is 0.317. The molecule has 0 radical (unpaired) electrons. The molecule has 1 N–H and O–H groups in total. The number of benzene rings is 1. The van der Waals surface area contributed by atoms with E-state index in [1.165, 1.54) is 30.2 Å². The van der Waals surface area contributed by atoms with Crippen molar-refractivity contribution < 1.29 is 14.1 Å². The number of carbonyl (C=O) groups is 1. The van der Waals surface area contributed by atoms with E-state index in [4.69, 9.17) is 9.26 Å². The van der Waals surface area contributed by atoms with E-state index in [0.29, 0.717) is 45.0 Å². The van der Waals surface area contributed by atoms with E-state index in [0.717, 1.165) is 0 Å². The number of ether oxygens (including phenoxy) is 1. The Labute approximate surface area is 185 Å². The number of hydrogen-bond donors (Lipinski definition) is 1. The Morgan fingerprint density at radius 3 is 2.94 bits per heavy atom. The molecule has 9 nitrogen and oxygen atoms in total. The number of carbonyl (C=O) groups excluding carboxylic acids is 1. The number of thioether (sulfide) groups is 1. The van der Waals surface area contributed by atoms with Crippen LogP contribution in [0.15, 0.2) is 50.2 Å². The molecule has 0 aliphatic heterocycles. The third-order valence-corrected chi connectivity index (χ3v) is 6.23. The molecule has 31 heavy (non-hydrogen) atoms. The molecule has 4 aromatic rings. The van der Waals surface area contributed by atoms with Crippen molar-refractivity contribution in [2.75, 3.05) is 12.4 Å². The zero-order chi connectivity index (χ0) is 21.8. The van der Waals surface area contributed by atoms with Crippen LogP contribution >= 0.6 is 23.1 Å². The standard InChI is InChI=1S/C20H19N5O4S2/c1-3-25-19(27)18-13(8-9-30-18)22-20(25)31-11-17-23-15(24-29-17)10-16(26)21-12-6-4-5-7-14(12)28-2/h4-9H,3,10-11H2,1-2H3,(H,21,26). The molecule has 1 amide bonds. The Kier molecular flexibility index (Phi) is 6.33. The van der Waals surface area contributed by atoms with Gasteiger partial charge in [0.05, 0.1) is 30.5 Å². The van der Waals surface area contributed by atoms with Gasteiger partial charge in [0.1, 0.15) is 10.4 Å². The van der Waals surface area contributed by atoms with Crippen LogP contribution in [0, 0.1) is 0 Å². The summed E-state index contributed by atoms with van der Waals surface area (Å²) < 4.78 is 12.8. The highest BCUT2D eigenvalue weighted by atomic mass is 32.2. The highest BCUT2D eigenvalue weighted by molar-refractivity contribution is 7.98. The Bertz CT molecular complexity index is 1280. The summed E-state index contributed by atoms with van der Waals surface area (Å²) in [6.07, 6.45) is -0.0367. The molecule has 4 rings (SSSR count). The fourth-order valence-corrected chi connectivity index (χ4v) is 4.62. The minimum atomic E-state index is -0.283. The third-order valence-electron chi connectivity index (χ3n) is 4.38. The Morgan fingerprint density at radius 1 is 1.29 bits per heavy atom. The molecule has 11 heteroatoms. The number of thiophene rings is 1. The molecule has 0 aliphatic carbocycles. The predicted octanol–water partition coefficient (Wildman–Crippen LogP) is 3.34. The van der Waals surface area contributed by atoms with Gasteiger partial charge < -0.3 is 14.6 Å². The molecule has 0 aliphatic rings. The first kappa shape index (κ1) is 21.1. The van der Waals surface area contributed by atoms with E-state index in [2.05, 4.69) is 20.4 Å². The van der Waals surface area contributed by atoms with Crippen molar-refractivity contribution in [2.45, 2.75) is 30.8 Å². The van der Waals surface area contributed by atoms with Crippen LogP contribution in [0.4, 0.5) is 5.69 Å². The smallest absolute Gasteiger partial charge is 0.272 e. The van der Waals surface area contributed by atoms with E-state index in [-0.39, 0.29) is 23.7 Å². The lowest BCUT2D eigenvalue weighted by atomic mass is 10.2. The van der Waals surface area contributed by atoms with Gasteiger partial charge >= 0.3 is 0 Å². The van der Waals surface area contributed by atoms with E-state index in [1.807, 2.05) is 24.4 Å². The number of amides is 1. The van der Waals surface area contributed by atoms with Crippen molar-refractivity contribution in [1.82, 2.24) is 19.7 Å². The van der Waals surface area contributed by atoms with Crippen LogP contribution in [0.2, 0.25) is 0 Å². The van der Waals surface area contributed by atoms with Crippen LogP contribution in [-0.2, 0) is 23.5 Å².